The second-order valence-electron chi connectivity index (χ2n) is 2.72. The van der Waals surface area contributed by atoms with Crippen LogP contribution in [-0.2, 0) is 0 Å². The second-order valence-corrected chi connectivity index (χ2v) is 2.95. The lowest BCUT2D eigenvalue weighted by atomic mass is 10.2. The van der Waals surface area contributed by atoms with Crippen molar-refractivity contribution in [2.75, 3.05) is 6.54 Å². The van der Waals surface area contributed by atoms with E-state index in [1.54, 1.807) is 0 Å². The summed E-state index contributed by atoms with van der Waals surface area (Å²) < 4.78 is 2.80. The molecule has 0 spiro atoms. The number of nitrogens with one attached hydrogen (secondary N) is 2. The van der Waals surface area contributed by atoms with E-state index in [4.69, 9.17) is 0 Å². The van der Waals surface area contributed by atoms with Gasteiger partial charge in [-0.1, -0.05) is 19.7 Å². The van der Waals surface area contributed by atoms with Gasteiger partial charge >= 0.3 is 0 Å². The Morgan fingerprint density at radius 2 is 2.38 bits per heavy atom. The Hall–Kier alpha value is -1.05. The van der Waals surface area contributed by atoms with Crippen LogP contribution in [0.25, 0.3) is 0 Å². The summed E-state index contributed by atoms with van der Waals surface area (Å²) in [5.41, 5.74) is 5.08. The lowest BCUT2D eigenvalue weighted by molar-refractivity contribution is 0.809. The van der Waals surface area contributed by atoms with E-state index >= 15 is 0 Å². The van der Waals surface area contributed by atoms with Gasteiger partial charge in [-0.2, -0.15) is 0 Å². The van der Waals surface area contributed by atoms with Gasteiger partial charge in [0.25, 0.3) is 0 Å². The van der Waals surface area contributed by atoms with Crippen LogP contribution in [-0.4, -0.2) is 6.54 Å². The van der Waals surface area contributed by atoms with Crippen LogP contribution in [0.1, 0.15) is 13.3 Å². The molecule has 0 radical (unpaired) electrons. The third-order valence-corrected chi connectivity index (χ3v) is 1.91. The van der Waals surface area contributed by atoms with Gasteiger partial charge in [0.1, 0.15) is 0 Å². The normalized spacial score (nSPS) is 14.6. The Labute approximate surface area is 84.6 Å². The number of hydrogen-bond acceptors (Lipinski definition) is 3. The molecule has 0 heterocycles. The monoisotopic (exact) mass is 194 g/mol. The lowest BCUT2D eigenvalue weighted by Crippen LogP contribution is -2.05. The molecule has 1 aliphatic rings. The molecule has 0 bridgehead atoms. The molecule has 1 rings (SSSR count). The highest BCUT2D eigenvalue weighted by Crippen LogP contribution is 2.11. The molecule has 70 valence electrons. The van der Waals surface area contributed by atoms with Crippen molar-refractivity contribution >= 4 is 12.8 Å². The molecule has 0 aliphatic heterocycles. The molecular formula is C10H14N2S. The van der Waals surface area contributed by atoms with Crippen LogP contribution in [0.3, 0.4) is 0 Å². The van der Waals surface area contributed by atoms with Gasteiger partial charge in [-0.3, -0.25) is 0 Å². The first-order valence-corrected chi connectivity index (χ1v) is 4.80. The molecule has 0 amide bonds. The Balaban J connectivity index is 2.44. The molecule has 1 aliphatic carbocycles. The van der Waals surface area contributed by atoms with Crippen molar-refractivity contribution in [3.63, 3.8) is 0 Å². The zero-order valence-electron chi connectivity index (χ0n) is 7.67. The van der Waals surface area contributed by atoms with Crippen molar-refractivity contribution in [2.24, 2.45) is 0 Å². The molecule has 0 saturated heterocycles. The molecule has 0 aromatic rings. The average Bonchev–Trinajstić information content (AvgIpc) is 2.60. The van der Waals surface area contributed by atoms with Crippen LogP contribution in [0, 0.1) is 0 Å². The van der Waals surface area contributed by atoms with Gasteiger partial charge in [-0.15, -0.1) is 5.73 Å². The van der Waals surface area contributed by atoms with Crippen LogP contribution >= 0.6 is 12.8 Å². The highest BCUT2D eigenvalue weighted by atomic mass is 32.1. The number of rotatable bonds is 5. The Bertz CT molecular complexity index is 283. The van der Waals surface area contributed by atoms with Crippen molar-refractivity contribution in [1.82, 2.24) is 10.0 Å². The van der Waals surface area contributed by atoms with Gasteiger partial charge in [0, 0.05) is 18.2 Å². The number of hydrogen-bond donors (Lipinski definition) is 3. The van der Waals surface area contributed by atoms with Crippen molar-refractivity contribution in [3.05, 3.63) is 41.4 Å². The molecule has 13 heavy (non-hydrogen) atoms. The molecular weight excluding hydrogens is 180 g/mol. The Morgan fingerprint density at radius 1 is 1.54 bits per heavy atom. The second kappa shape index (κ2) is 5.57. The summed E-state index contributed by atoms with van der Waals surface area (Å²) in [6.45, 7) is 3.14. The first-order valence-electron chi connectivity index (χ1n) is 4.35. The molecule has 2 nitrogen and oxygen atoms in total. The third kappa shape index (κ3) is 3.05. The van der Waals surface area contributed by atoms with Crippen molar-refractivity contribution in [1.29, 1.82) is 0 Å². The fraction of sp³-hybridized carbons (Fsp3) is 0.300. The SMILES string of the molecule is CCCN/C=C\C1=C(NS)C=C=C1. The topological polar surface area (TPSA) is 24.1 Å². The number of allylic oxidation sites excluding steroid dienone is 3. The van der Waals surface area contributed by atoms with Crippen LogP contribution in [0.2, 0.25) is 0 Å². The molecule has 0 aromatic carbocycles. The molecule has 0 aromatic heterocycles. The van der Waals surface area contributed by atoms with Gasteiger partial charge in [0.15, 0.2) is 0 Å². The quantitative estimate of drug-likeness (QED) is 0.354. The van der Waals surface area contributed by atoms with E-state index in [2.05, 4.69) is 35.5 Å². The molecule has 2 N–H and O–H groups in total. The summed E-state index contributed by atoms with van der Waals surface area (Å²) in [6, 6.07) is 0. The predicted molar refractivity (Wildman–Crippen MR) is 59.2 cm³/mol. The minimum absolute atomic E-state index is 0.984. The smallest absolute Gasteiger partial charge is 0.0596 e. The lowest BCUT2D eigenvalue weighted by Gasteiger charge is -1.99. The summed E-state index contributed by atoms with van der Waals surface area (Å²) >= 11 is 3.98. The van der Waals surface area contributed by atoms with Crippen LogP contribution in [0.4, 0.5) is 0 Å². The van der Waals surface area contributed by atoms with Gasteiger partial charge in [-0.05, 0) is 24.8 Å². The predicted octanol–water partition coefficient (Wildman–Crippen LogP) is 1.91. The summed E-state index contributed by atoms with van der Waals surface area (Å²) in [7, 11) is 0. The first kappa shape index (κ1) is 10.0. The molecule has 0 fully saturated rings. The Kier molecular flexibility index (Phi) is 4.30. The number of thiol groups is 1. The first-order chi connectivity index (χ1) is 6.38. The van der Waals surface area contributed by atoms with E-state index in [9.17, 15) is 0 Å². The molecule has 0 unspecified atom stereocenters. The van der Waals surface area contributed by atoms with Crippen LogP contribution in [0.5, 0.6) is 0 Å². The van der Waals surface area contributed by atoms with Crippen molar-refractivity contribution in [3.8, 4) is 0 Å². The van der Waals surface area contributed by atoms with E-state index in [1.165, 1.54) is 0 Å². The van der Waals surface area contributed by atoms with E-state index in [1.807, 2.05) is 24.4 Å². The maximum atomic E-state index is 3.98. The fourth-order valence-corrected chi connectivity index (χ4v) is 1.18. The zero-order chi connectivity index (χ0) is 9.52. The summed E-state index contributed by atoms with van der Waals surface area (Å²) in [5.74, 6) is 0. The Morgan fingerprint density at radius 3 is 3.08 bits per heavy atom. The minimum atomic E-state index is 0.984. The highest BCUT2D eigenvalue weighted by Gasteiger charge is 1.99. The van der Waals surface area contributed by atoms with Gasteiger partial charge in [0.2, 0.25) is 0 Å². The van der Waals surface area contributed by atoms with Gasteiger partial charge in [-0.25, -0.2) is 0 Å². The van der Waals surface area contributed by atoms with Gasteiger partial charge < -0.3 is 10.0 Å². The van der Waals surface area contributed by atoms with Crippen LogP contribution < -0.4 is 10.0 Å². The summed E-state index contributed by atoms with van der Waals surface area (Å²) in [6.07, 6.45) is 8.87. The van der Waals surface area contributed by atoms with E-state index in [0.717, 1.165) is 24.2 Å². The minimum Gasteiger partial charge on any atom is -0.391 e. The maximum Gasteiger partial charge on any atom is 0.0596 e. The summed E-state index contributed by atoms with van der Waals surface area (Å²) in [4.78, 5) is 0. The standard InChI is InChI=1S/C10H14N2S/c1-2-7-11-8-6-9-4-3-5-10(9)12-13/h4-6,8,11-13H,2,7H2,1H3/b8-6-. The van der Waals surface area contributed by atoms with E-state index < -0.39 is 0 Å². The van der Waals surface area contributed by atoms with E-state index in [-0.39, 0.29) is 0 Å². The molecule has 3 heteroatoms. The highest BCUT2D eigenvalue weighted by molar-refractivity contribution is 7.78. The largest absolute Gasteiger partial charge is 0.391 e. The van der Waals surface area contributed by atoms with E-state index in [0.29, 0.717) is 0 Å². The molecule has 0 atom stereocenters. The molecule has 0 saturated carbocycles. The summed E-state index contributed by atoms with van der Waals surface area (Å²) in [5, 5.41) is 3.18. The van der Waals surface area contributed by atoms with Crippen molar-refractivity contribution < 1.29 is 0 Å². The zero-order valence-corrected chi connectivity index (χ0v) is 8.57. The van der Waals surface area contributed by atoms with Crippen molar-refractivity contribution in [2.45, 2.75) is 13.3 Å². The average molecular weight is 194 g/mol. The maximum absolute atomic E-state index is 3.98. The third-order valence-electron chi connectivity index (χ3n) is 1.67. The fourth-order valence-electron chi connectivity index (χ4n) is 0.987. The van der Waals surface area contributed by atoms with Gasteiger partial charge in [0.05, 0.1) is 5.70 Å². The van der Waals surface area contributed by atoms with Crippen LogP contribution in [0.15, 0.2) is 41.4 Å².